The summed E-state index contributed by atoms with van der Waals surface area (Å²) in [5.41, 5.74) is 7.70. The number of anilines is 2. The van der Waals surface area contributed by atoms with Gasteiger partial charge in [0.15, 0.2) is 0 Å². The number of nitrogen functional groups attached to an aromatic ring is 1. The Labute approximate surface area is 108 Å². The number of aromatic nitrogens is 2. The maximum Gasteiger partial charge on any atom is 0.128 e. The van der Waals surface area contributed by atoms with Crippen molar-refractivity contribution in [3.8, 4) is 0 Å². The molecule has 1 aliphatic heterocycles. The van der Waals surface area contributed by atoms with Gasteiger partial charge in [-0.05, 0) is 34.1 Å². The second-order valence-corrected chi connectivity index (χ2v) is 5.02. The largest absolute Gasteiger partial charge is 0.399 e. The summed E-state index contributed by atoms with van der Waals surface area (Å²) in [4.78, 5) is 6.67. The monoisotopic (exact) mass is 292 g/mol. The van der Waals surface area contributed by atoms with Crippen LogP contribution in [0.2, 0.25) is 0 Å². The Kier molecular flexibility index (Phi) is 2.55. The molecule has 0 amide bonds. The van der Waals surface area contributed by atoms with Gasteiger partial charge in [-0.15, -0.1) is 0 Å². The Bertz CT molecular complexity index is 549. The summed E-state index contributed by atoms with van der Waals surface area (Å²) in [7, 11) is 0. The van der Waals surface area contributed by atoms with E-state index in [2.05, 4.69) is 36.4 Å². The van der Waals surface area contributed by atoms with Gasteiger partial charge >= 0.3 is 0 Å². The summed E-state index contributed by atoms with van der Waals surface area (Å²) < 4.78 is 3.24. The maximum absolute atomic E-state index is 5.75. The van der Waals surface area contributed by atoms with Crippen molar-refractivity contribution in [3.63, 3.8) is 0 Å². The first kappa shape index (κ1) is 10.7. The van der Waals surface area contributed by atoms with Crippen LogP contribution in [-0.2, 0) is 13.1 Å². The van der Waals surface area contributed by atoms with E-state index in [1.165, 1.54) is 5.69 Å². The van der Waals surface area contributed by atoms with Crippen LogP contribution in [0.3, 0.4) is 0 Å². The molecule has 2 N–H and O–H groups in total. The minimum atomic E-state index is 0.777. The summed E-state index contributed by atoms with van der Waals surface area (Å²) in [6, 6.07) is 5.93. The van der Waals surface area contributed by atoms with E-state index in [0.29, 0.717) is 0 Å². The van der Waals surface area contributed by atoms with Crippen molar-refractivity contribution in [2.45, 2.75) is 13.1 Å². The fourth-order valence-corrected chi connectivity index (χ4v) is 2.81. The van der Waals surface area contributed by atoms with Crippen molar-refractivity contribution in [2.24, 2.45) is 0 Å². The van der Waals surface area contributed by atoms with Gasteiger partial charge in [-0.1, -0.05) is 0 Å². The number of nitrogens with zero attached hydrogens (tertiary/aromatic N) is 3. The van der Waals surface area contributed by atoms with Gasteiger partial charge in [-0.2, -0.15) is 0 Å². The van der Waals surface area contributed by atoms with E-state index in [4.69, 9.17) is 5.73 Å². The third-order valence-corrected chi connectivity index (χ3v) is 3.69. The highest BCUT2D eigenvalue weighted by atomic mass is 79.9. The average Bonchev–Trinajstić information content (AvgIpc) is 2.75. The molecule has 1 aromatic carbocycles. The average molecular weight is 293 g/mol. The molecule has 0 saturated heterocycles. The first-order valence-corrected chi connectivity index (χ1v) is 6.33. The van der Waals surface area contributed by atoms with E-state index in [1.807, 2.05) is 24.5 Å². The zero-order valence-electron chi connectivity index (χ0n) is 9.31. The Hall–Kier alpha value is -1.49. The minimum Gasteiger partial charge on any atom is -0.399 e. The predicted octanol–water partition coefficient (Wildman–Crippen LogP) is 2.25. The quantitative estimate of drug-likeness (QED) is 0.820. The smallest absolute Gasteiger partial charge is 0.128 e. The van der Waals surface area contributed by atoms with Gasteiger partial charge < -0.3 is 15.2 Å². The molecular weight excluding hydrogens is 280 g/mol. The van der Waals surface area contributed by atoms with Gasteiger partial charge in [0.2, 0.25) is 0 Å². The van der Waals surface area contributed by atoms with E-state index in [-0.39, 0.29) is 0 Å². The number of rotatable bonds is 1. The summed E-state index contributed by atoms with van der Waals surface area (Å²) in [6.45, 7) is 2.81. The van der Waals surface area contributed by atoms with Crippen LogP contribution in [0, 0.1) is 0 Å². The molecule has 0 unspecified atom stereocenters. The zero-order valence-corrected chi connectivity index (χ0v) is 10.9. The summed E-state index contributed by atoms with van der Waals surface area (Å²) >= 11 is 3.56. The predicted molar refractivity (Wildman–Crippen MR) is 71.8 cm³/mol. The summed E-state index contributed by atoms with van der Waals surface area (Å²) in [5.74, 6) is 1.11. The molecule has 1 aliphatic rings. The van der Waals surface area contributed by atoms with Crippen molar-refractivity contribution >= 4 is 27.3 Å². The van der Waals surface area contributed by atoms with Crippen LogP contribution in [0.5, 0.6) is 0 Å². The van der Waals surface area contributed by atoms with Crippen LogP contribution < -0.4 is 10.6 Å². The number of imidazole rings is 1. The lowest BCUT2D eigenvalue weighted by Gasteiger charge is -2.30. The molecule has 4 nitrogen and oxygen atoms in total. The van der Waals surface area contributed by atoms with E-state index in [9.17, 15) is 0 Å². The lowest BCUT2D eigenvalue weighted by molar-refractivity contribution is 0.559. The number of hydrogen-bond acceptors (Lipinski definition) is 3. The Morgan fingerprint density at radius 1 is 1.29 bits per heavy atom. The van der Waals surface area contributed by atoms with Crippen LogP contribution >= 0.6 is 15.9 Å². The van der Waals surface area contributed by atoms with Gasteiger partial charge in [-0.3, -0.25) is 0 Å². The fourth-order valence-electron chi connectivity index (χ4n) is 2.16. The molecule has 17 heavy (non-hydrogen) atoms. The molecule has 2 aromatic rings. The van der Waals surface area contributed by atoms with E-state index >= 15 is 0 Å². The number of halogens is 1. The van der Waals surface area contributed by atoms with Gasteiger partial charge in [0, 0.05) is 35.6 Å². The Morgan fingerprint density at radius 3 is 3.00 bits per heavy atom. The minimum absolute atomic E-state index is 0.777. The molecule has 1 aromatic heterocycles. The molecule has 0 saturated carbocycles. The van der Waals surface area contributed by atoms with E-state index in [0.717, 1.165) is 35.6 Å². The highest BCUT2D eigenvalue weighted by molar-refractivity contribution is 9.10. The van der Waals surface area contributed by atoms with Crippen LogP contribution in [-0.4, -0.2) is 16.1 Å². The molecule has 0 atom stereocenters. The Morgan fingerprint density at radius 2 is 2.18 bits per heavy atom. The topological polar surface area (TPSA) is 47.1 Å². The highest BCUT2D eigenvalue weighted by Crippen LogP contribution is 2.30. The number of fused-ring (bicyclic) bond motifs is 1. The molecule has 0 bridgehead atoms. The Balaban J connectivity index is 1.91. The first-order chi connectivity index (χ1) is 8.24. The molecule has 0 spiro atoms. The normalized spacial score (nSPS) is 14.8. The number of benzene rings is 1. The second kappa shape index (κ2) is 4.07. The van der Waals surface area contributed by atoms with E-state index in [1.54, 1.807) is 0 Å². The SMILES string of the molecule is Nc1ccc(N2CCn3ccnc3C2)c(Br)c1. The molecule has 3 rings (SSSR count). The fraction of sp³-hybridized carbons (Fsp3) is 0.250. The van der Waals surface area contributed by atoms with Crippen molar-refractivity contribution < 1.29 is 0 Å². The van der Waals surface area contributed by atoms with Crippen LogP contribution in [0.1, 0.15) is 5.82 Å². The van der Waals surface area contributed by atoms with Gasteiger partial charge in [0.05, 0.1) is 12.2 Å². The van der Waals surface area contributed by atoms with Crippen LogP contribution in [0.15, 0.2) is 35.1 Å². The zero-order chi connectivity index (χ0) is 11.8. The van der Waals surface area contributed by atoms with Crippen LogP contribution in [0.4, 0.5) is 11.4 Å². The summed E-state index contributed by atoms with van der Waals surface area (Å²) in [6.07, 6.45) is 3.89. The second-order valence-electron chi connectivity index (χ2n) is 4.17. The first-order valence-electron chi connectivity index (χ1n) is 5.54. The molecular formula is C12H13BrN4. The standard InChI is InChI=1S/C12H13BrN4/c13-10-7-9(14)1-2-11(10)17-6-5-16-4-3-15-12(16)8-17/h1-4,7H,5-6,8,14H2. The van der Waals surface area contributed by atoms with Gasteiger partial charge in [0.25, 0.3) is 0 Å². The molecule has 2 heterocycles. The van der Waals surface area contributed by atoms with Crippen molar-refractivity contribution in [1.82, 2.24) is 9.55 Å². The lowest BCUT2D eigenvalue weighted by Crippen LogP contribution is -2.33. The van der Waals surface area contributed by atoms with Crippen LogP contribution in [0.25, 0.3) is 0 Å². The van der Waals surface area contributed by atoms with Gasteiger partial charge in [0.1, 0.15) is 5.82 Å². The molecule has 5 heteroatoms. The summed E-state index contributed by atoms with van der Waals surface area (Å²) in [5, 5.41) is 0. The number of nitrogens with two attached hydrogens (primary N) is 1. The molecule has 0 radical (unpaired) electrons. The van der Waals surface area contributed by atoms with Crippen molar-refractivity contribution in [3.05, 3.63) is 40.9 Å². The van der Waals surface area contributed by atoms with E-state index < -0.39 is 0 Å². The van der Waals surface area contributed by atoms with Crippen molar-refractivity contribution in [2.75, 3.05) is 17.2 Å². The van der Waals surface area contributed by atoms with Crippen molar-refractivity contribution in [1.29, 1.82) is 0 Å². The molecule has 88 valence electrons. The number of hydrogen-bond donors (Lipinski definition) is 1. The lowest BCUT2D eigenvalue weighted by atomic mass is 10.2. The highest BCUT2D eigenvalue weighted by Gasteiger charge is 2.18. The maximum atomic E-state index is 5.75. The third kappa shape index (κ3) is 1.91. The van der Waals surface area contributed by atoms with Gasteiger partial charge in [-0.25, -0.2) is 4.98 Å². The third-order valence-electron chi connectivity index (χ3n) is 3.06. The molecule has 0 fully saturated rings. The molecule has 0 aliphatic carbocycles.